The summed E-state index contributed by atoms with van der Waals surface area (Å²) in [4.78, 5) is 17.7. The van der Waals surface area contributed by atoms with Crippen LogP contribution in [0.4, 0.5) is 0 Å². The maximum Gasteiger partial charge on any atom is 0.252 e. The summed E-state index contributed by atoms with van der Waals surface area (Å²) in [5.41, 5.74) is 3.16. The zero-order valence-electron chi connectivity index (χ0n) is 15.8. The molecule has 2 N–H and O–H groups in total. The molecule has 1 unspecified atom stereocenters. The van der Waals surface area contributed by atoms with E-state index in [0.29, 0.717) is 17.9 Å². The Labute approximate surface area is 148 Å². The second kappa shape index (κ2) is 6.41. The molecular formula is C19H28N4O2. The number of aryl methyl sites for hydroxylation is 2. The number of rotatable bonds is 5. The van der Waals surface area contributed by atoms with E-state index in [4.69, 9.17) is 4.98 Å². The zero-order chi connectivity index (χ0) is 18.4. The largest absolute Gasteiger partial charge is 0.394 e. The van der Waals surface area contributed by atoms with Gasteiger partial charge in [0.05, 0.1) is 29.3 Å². The van der Waals surface area contributed by atoms with Crippen molar-refractivity contribution in [1.29, 1.82) is 0 Å². The van der Waals surface area contributed by atoms with E-state index in [-0.39, 0.29) is 24.0 Å². The fourth-order valence-electron chi connectivity index (χ4n) is 3.40. The second-order valence-corrected chi connectivity index (χ2v) is 8.39. The Morgan fingerprint density at radius 2 is 2.12 bits per heavy atom. The molecule has 0 saturated heterocycles. The number of carbonyl (C=O) groups excluding carboxylic acids is 1. The maximum atomic E-state index is 13.0. The van der Waals surface area contributed by atoms with Crippen molar-refractivity contribution >= 4 is 16.9 Å². The number of amides is 1. The lowest BCUT2D eigenvalue weighted by atomic mass is 9.88. The summed E-state index contributed by atoms with van der Waals surface area (Å²) >= 11 is 0. The normalized spacial score (nSPS) is 16.2. The third-order valence-electron chi connectivity index (χ3n) is 4.64. The summed E-state index contributed by atoms with van der Waals surface area (Å²) in [5, 5.41) is 17.9. The molecule has 1 amide bonds. The molecular weight excluding hydrogens is 316 g/mol. The number of aliphatic hydroxyl groups is 1. The molecule has 1 aliphatic rings. The molecule has 2 aromatic heterocycles. The van der Waals surface area contributed by atoms with Crippen molar-refractivity contribution in [3.05, 3.63) is 23.0 Å². The average molecular weight is 344 g/mol. The predicted molar refractivity (Wildman–Crippen MR) is 97.6 cm³/mol. The van der Waals surface area contributed by atoms with E-state index >= 15 is 0 Å². The van der Waals surface area contributed by atoms with Crippen LogP contribution in [0.1, 0.15) is 67.7 Å². The first-order valence-corrected chi connectivity index (χ1v) is 8.95. The first-order valence-electron chi connectivity index (χ1n) is 8.95. The van der Waals surface area contributed by atoms with Gasteiger partial charge in [0.2, 0.25) is 0 Å². The van der Waals surface area contributed by atoms with E-state index in [1.54, 1.807) is 4.68 Å². The molecule has 0 spiro atoms. The van der Waals surface area contributed by atoms with E-state index in [1.807, 2.05) is 20.0 Å². The van der Waals surface area contributed by atoms with Crippen LogP contribution in [0, 0.1) is 12.3 Å². The van der Waals surface area contributed by atoms with Gasteiger partial charge in [0.1, 0.15) is 0 Å². The van der Waals surface area contributed by atoms with Crippen molar-refractivity contribution in [2.75, 3.05) is 6.61 Å². The molecule has 6 heteroatoms. The Morgan fingerprint density at radius 3 is 2.68 bits per heavy atom. The van der Waals surface area contributed by atoms with Gasteiger partial charge in [-0.1, -0.05) is 20.8 Å². The molecule has 1 saturated carbocycles. The van der Waals surface area contributed by atoms with Crippen molar-refractivity contribution in [3.8, 4) is 0 Å². The number of carbonyl (C=O) groups is 1. The third-order valence-corrected chi connectivity index (χ3v) is 4.64. The van der Waals surface area contributed by atoms with Gasteiger partial charge >= 0.3 is 0 Å². The molecule has 1 fully saturated rings. The number of fused-ring (bicyclic) bond motifs is 1. The molecule has 2 aromatic rings. The summed E-state index contributed by atoms with van der Waals surface area (Å²) < 4.78 is 1.74. The summed E-state index contributed by atoms with van der Waals surface area (Å²) in [6.45, 7) is 8.13. The van der Waals surface area contributed by atoms with E-state index in [0.717, 1.165) is 35.3 Å². The third kappa shape index (κ3) is 3.84. The van der Waals surface area contributed by atoms with Crippen molar-refractivity contribution < 1.29 is 9.90 Å². The highest BCUT2D eigenvalue weighted by Gasteiger charge is 2.29. The van der Waals surface area contributed by atoms with Crippen LogP contribution in [0.3, 0.4) is 0 Å². The Bertz CT molecular complexity index is 800. The van der Waals surface area contributed by atoms with Gasteiger partial charge in [-0.2, -0.15) is 5.10 Å². The van der Waals surface area contributed by atoms with Gasteiger partial charge in [-0.15, -0.1) is 0 Å². The molecule has 0 aromatic carbocycles. The number of nitrogens with zero attached hydrogens (tertiary/aromatic N) is 3. The van der Waals surface area contributed by atoms with Crippen LogP contribution in [0.2, 0.25) is 0 Å². The fourth-order valence-corrected chi connectivity index (χ4v) is 3.40. The monoisotopic (exact) mass is 344 g/mol. The van der Waals surface area contributed by atoms with Gasteiger partial charge in [-0.3, -0.25) is 9.48 Å². The van der Waals surface area contributed by atoms with Crippen molar-refractivity contribution in [3.63, 3.8) is 0 Å². The number of hydrogen-bond donors (Lipinski definition) is 2. The van der Waals surface area contributed by atoms with Crippen LogP contribution in [-0.4, -0.2) is 38.4 Å². The van der Waals surface area contributed by atoms with Crippen molar-refractivity contribution in [2.24, 2.45) is 12.5 Å². The number of hydrogen-bond acceptors (Lipinski definition) is 4. The van der Waals surface area contributed by atoms with Crippen molar-refractivity contribution in [2.45, 2.75) is 58.9 Å². The van der Waals surface area contributed by atoms with E-state index in [2.05, 4.69) is 31.2 Å². The van der Waals surface area contributed by atoms with Gasteiger partial charge in [-0.05, 0) is 37.7 Å². The minimum Gasteiger partial charge on any atom is -0.394 e. The van der Waals surface area contributed by atoms with Crippen LogP contribution in [0.5, 0.6) is 0 Å². The number of nitrogens with one attached hydrogen (secondary N) is 1. The maximum absolute atomic E-state index is 13.0. The lowest BCUT2D eigenvalue weighted by molar-refractivity contribution is 0.0899. The molecule has 2 heterocycles. The quantitative estimate of drug-likeness (QED) is 0.874. The highest BCUT2D eigenvalue weighted by Crippen LogP contribution is 2.40. The molecule has 1 aliphatic carbocycles. The molecule has 0 bridgehead atoms. The van der Waals surface area contributed by atoms with E-state index in [1.165, 1.54) is 0 Å². The molecule has 6 nitrogen and oxygen atoms in total. The summed E-state index contributed by atoms with van der Waals surface area (Å²) in [6, 6.07) is 1.65. The minimum absolute atomic E-state index is 0.0254. The molecule has 136 valence electrons. The molecule has 1 atom stereocenters. The van der Waals surface area contributed by atoms with Gasteiger partial charge in [-0.25, -0.2) is 4.98 Å². The molecule has 3 rings (SSSR count). The lowest BCUT2D eigenvalue weighted by Crippen LogP contribution is -2.40. The Kier molecular flexibility index (Phi) is 4.58. The van der Waals surface area contributed by atoms with Crippen LogP contribution in [-0.2, 0) is 7.05 Å². The Hall–Kier alpha value is -1.95. The van der Waals surface area contributed by atoms with Crippen LogP contribution in [0.25, 0.3) is 11.0 Å². The Balaban J connectivity index is 1.97. The van der Waals surface area contributed by atoms with Crippen LogP contribution >= 0.6 is 0 Å². The zero-order valence-corrected chi connectivity index (χ0v) is 15.8. The molecule has 0 aliphatic heterocycles. The van der Waals surface area contributed by atoms with Crippen LogP contribution < -0.4 is 5.32 Å². The highest BCUT2D eigenvalue weighted by molar-refractivity contribution is 6.06. The van der Waals surface area contributed by atoms with Gasteiger partial charge in [0, 0.05) is 18.7 Å². The fraction of sp³-hybridized carbons (Fsp3) is 0.632. The SMILES string of the molecule is Cc1nn(C)c2nc(C3CC3)cc(C(=O)NC(CO)CC(C)(C)C)c12. The number of pyridine rings is 1. The predicted octanol–water partition coefficient (Wildman–Crippen LogP) is 2.68. The Morgan fingerprint density at radius 1 is 1.44 bits per heavy atom. The van der Waals surface area contributed by atoms with E-state index in [9.17, 15) is 9.90 Å². The summed E-state index contributed by atoms with van der Waals surface area (Å²) in [6.07, 6.45) is 2.96. The minimum atomic E-state index is -0.267. The van der Waals surface area contributed by atoms with Gasteiger partial charge in [0.25, 0.3) is 5.91 Å². The second-order valence-electron chi connectivity index (χ2n) is 8.39. The summed E-state index contributed by atoms with van der Waals surface area (Å²) in [7, 11) is 1.86. The van der Waals surface area contributed by atoms with Gasteiger partial charge in [0.15, 0.2) is 5.65 Å². The first-order chi connectivity index (χ1) is 11.7. The van der Waals surface area contributed by atoms with Crippen LogP contribution in [0.15, 0.2) is 6.07 Å². The highest BCUT2D eigenvalue weighted by atomic mass is 16.3. The van der Waals surface area contributed by atoms with Gasteiger partial charge < -0.3 is 10.4 Å². The smallest absolute Gasteiger partial charge is 0.252 e. The van der Waals surface area contributed by atoms with Crippen molar-refractivity contribution in [1.82, 2.24) is 20.1 Å². The number of aliphatic hydroxyl groups excluding tert-OH is 1. The lowest BCUT2D eigenvalue weighted by Gasteiger charge is -2.25. The molecule has 0 radical (unpaired) electrons. The molecule has 25 heavy (non-hydrogen) atoms. The average Bonchev–Trinajstić information content (AvgIpc) is 3.32. The summed E-state index contributed by atoms with van der Waals surface area (Å²) in [5.74, 6) is 0.295. The standard InChI is InChI=1S/C19H28N4O2/c1-11-16-14(18(25)20-13(10-24)9-19(2,3)4)8-15(12-6-7-12)21-17(16)23(5)22-11/h8,12-13,24H,6-7,9-10H2,1-5H3,(H,20,25). The van der Waals surface area contributed by atoms with E-state index < -0.39 is 0 Å². The topological polar surface area (TPSA) is 80.0 Å². The number of aromatic nitrogens is 3. The first kappa shape index (κ1) is 17.9.